The first-order valence-corrected chi connectivity index (χ1v) is 6.93. The number of para-hydroxylation sites is 2. The van der Waals surface area contributed by atoms with Crippen LogP contribution >= 0.6 is 0 Å². The minimum absolute atomic E-state index is 0.102. The van der Waals surface area contributed by atoms with Crippen LogP contribution in [-0.2, 0) is 9.53 Å². The monoisotopic (exact) mass is 277 g/mol. The molecule has 0 saturated heterocycles. The first-order chi connectivity index (χ1) is 9.74. The van der Waals surface area contributed by atoms with Crippen LogP contribution in [0.3, 0.4) is 0 Å². The first kappa shape index (κ1) is 14.4. The number of esters is 1. The van der Waals surface area contributed by atoms with Gasteiger partial charge in [0.05, 0.1) is 6.61 Å². The quantitative estimate of drug-likeness (QED) is 0.574. The minimum Gasteiger partial charge on any atom is -0.463 e. The third-order valence-electron chi connectivity index (χ3n) is 2.89. The van der Waals surface area contributed by atoms with Crippen LogP contribution in [0.2, 0.25) is 0 Å². The Morgan fingerprint density at radius 2 is 2.15 bits per heavy atom. The smallest absolute Gasteiger partial charge is 0.395 e. The van der Waals surface area contributed by atoms with Crippen LogP contribution < -0.4 is 4.74 Å². The van der Waals surface area contributed by atoms with Gasteiger partial charge in [0.1, 0.15) is 5.52 Å². The minimum atomic E-state index is -0.681. The van der Waals surface area contributed by atoms with Crippen molar-refractivity contribution in [2.24, 2.45) is 0 Å². The molecule has 0 unspecified atom stereocenters. The Morgan fingerprint density at radius 1 is 1.35 bits per heavy atom. The first-order valence-electron chi connectivity index (χ1n) is 6.93. The number of unbranched alkanes of at least 4 members (excludes halogenated alkanes) is 1. The van der Waals surface area contributed by atoms with Crippen LogP contribution in [0.25, 0.3) is 11.1 Å². The van der Waals surface area contributed by atoms with Gasteiger partial charge in [0.25, 0.3) is 0 Å². The zero-order valence-corrected chi connectivity index (χ0v) is 11.8. The average Bonchev–Trinajstić information content (AvgIpc) is 2.87. The van der Waals surface area contributed by atoms with E-state index in [1.807, 2.05) is 32.0 Å². The van der Waals surface area contributed by atoms with Crippen molar-refractivity contribution in [1.82, 2.24) is 4.98 Å². The van der Waals surface area contributed by atoms with Crippen LogP contribution in [0.1, 0.15) is 33.1 Å². The van der Waals surface area contributed by atoms with E-state index in [-0.39, 0.29) is 12.0 Å². The van der Waals surface area contributed by atoms with E-state index in [4.69, 9.17) is 13.9 Å². The highest BCUT2D eigenvalue weighted by Crippen LogP contribution is 2.21. The molecular formula is C15H19NO4. The summed E-state index contributed by atoms with van der Waals surface area (Å²) < 4.78 is 16.1. The Kier molecular flexibility index (Phi) is 4.98. The standard InChI is InChI=1S/C15H19NO4/c1-3-5-10-18-14(17)12(4-2)19-15-16-11-8-6-7-9-13(11)20-15/h6-9,12H,3-5,10H2,1-2H3/t12-/m1/s1. The van der Waals surface area contributed by atoms with Gasteiger partial charge in [-0.05, 0) is 25.0 Å². The maximum atomic E-state index is 11.9. The number of ether oxygens (including phenoxy) is 2. The van der Waals surface area contributed by atoms with Crippen LogP contribution in [0.4, 0.5) is 0 Å². The maximum absolute atomic E-state index is 11.9. The second-order valence-electron chi connectivity index (χ2n) is 4.48. The van der Waals surface area contributed by atoms with Gasteiger partial charge in [0.15, 0.2) is 11.7 Å². The highest BCUT2D eigenvalue weighted by molar-refractivity contribution is 5.75. The predicted octanol–water partition coefficient (Wildman–Crippen LogP) is 3.33. The molecule has 5 heteroatoms. The Labute approximate surface area is 117 Å². The summed E-state index contributed by atoms with van der Waals surface area (Å²) in [5, 5.41) is 0. The fourth-order valence-corrected chi connectivity index (χ4v) is 1.73. The lowest BCUT2D eigenvalue weighted by atomic mass is 10.3. The van der Waals surface area contributed by atoms with Crippen molar-refractivity contribution in [2.75, 3.05) is 6.61 Å². The van der Waals surface area contributed by atoms with Gasteiger partial charge in [-0.15, -0.1) is 0 Å². The molecule has 1 aromatic carbocycles. The van der Waals surface area contributed by atoms with Crippen molar-refractivity contribution in [1.29, 1.82) is 0 Å². The van der Waals surface area contributed by atoms with E-state index >= 15 is 0 Å². The van der Waals surface area contributed by atoms with E-state index in [0.717, 1.165) is 12.8 Å². The summed E-state index contributed by atoms with van der Waals surface area (Å²) in [6.07, 6.45) is 1.76. The van der Waals surface area contributed by atoms with Gasteiger partial charge in [-0.1, -0.05) is 32.4 Å². The SMILES string of the molecule is CCCCOC(=O)[C@@H](CC)Oc1nc2ccccc2o1. The normalized spacial score (nSPS) is 12.3. The molecule has 1 heterocycles. The van der Waals surface area contributed by atoms with Crippen molar-refractivity contribution in [2.45, 2.75) is 39.2 Å². The lowest BCUT2D eigenvalue weighted by molar-refractivity contribution is -0.153. The number of nitrogens with zero attached hydrogens (tertiary/aromatic N) is 1. The molecule has 0 saturated carbocycles. The van der Waals surface area contributed by atoms with Gasteiger partial charge in [0.2, 0.25) is 0 Å². The van der Waals surface area contributed by atoms with Crippen molar-refractivity contribution >= 4 is 17.1 Å². The van der Waals surface area contributed by atoms with Crippen molar-refractivity contribution < 1.29 is 18.7 Å². The number of carbonyl (C=O) groups is 1. The van der Waals surface area contributed by atoms with Gasteiger partial charge in [0, 0.05) is 0 Å². The Balaban J connectivity index is 2.00. The molecule has 0 amide bonds. The summed E-state index contributed by atoms with van der Waals surface area (Å²) in [7, 11) is 0. The Morgan fingerprint density at radius 3 is 2.85 bits per heavy atom. The van der Waals surface area contributed by atoms with E-state index in [0.29, 0.717) is 24.1 Å². The third kappa shape index (κ3) is 3.50. The molecule has 0 N–H and O–H groups in total. The van der Waals surface area contributed by atoms with Gasteiger partial charge in [-0.25, -0.2) is 4.79 Å². The second kappa shape index (κ2) is 6.93. The number of carbonyl (C=O) groups excluding carboxylic acids is 1. The van der Waals surface area contributed by atoms with Crippen LogP contribution in [0, 0.1) is 0 Å². The fourth-order valence-electron chi connectivity index (χ4n) is 1.73. The molecule has 20 heavy (non-hydrogen) atoms. The maximum Gasteiger partial charge on any atom is 0.395 e. The molecule has 0 aliphatic heterocycles. The number of fused-ring (bicyclic) bond motifs is 1. The predicted molar refractivity (Wildman–Crippen MR) is 74.6 cm³/mol. The van der Waals surface area contributed by atoms with E-state index in [1.165, 1.54) is 0 Å². The summed E-state index contributed by atoms with van der Waals surface area (Å²) >= 11 is 0. The van der Waals surface area contributed by atoms with Crippen LogP contribution in [0.15, 0.2) is 28.7 Å². The molecule has 2 rings (SSSR count). The largest absolute Gasteiger partial charge is 0.463 e. The number of rotatable bonds is 7. The Bertz CT molecular complexity index is 531. The molecule has 0 bridgehead atoms. The van der Waals surface area contributed by atoms with E-state index in [2.05, 4.69) is 4.98 Å². The lowest BCUT2D eigenvalue weighted by Gasteiger charge is -2.13. The molecule has 0 fully saturated rings. The summed E-state index contributed by atoms with van der Waals surface area (Å²) in [4.78, 5) is 16.0. The van der Waals surface area contributed by atoms with Crippen molar-refractivity contribution in [3.05, 3.63) is 24.3 Å². The van der Waals surface area contributed by atoms with Gasteiger partial charge >= 0.3 is 12.0 Å². The van der Waals surface area contributed by atoms with Crippen molar-refractivity contribution in [3.8, 4) is 6.08 Å². The average molecular weight is 277 g/mol. The fraction of sp³-hybridized carbons (Fsp3) is 0.467. The molecule has 2 aromatic rings. The lowest BCUT2D eigenvalue weighted by Crippen LogP contribution is -2.29. The molecule has 1 atom stereocenters. The zero-order chi connectivity index (χ0) is 14.4. The summed E-state index contributed by atoms with van der Waals surface area (Å²) in [5.74, 6) is -0.372. The van der Waals surface area contributed by atoms with E-state index < -0.39 is 6.10 Å². The van der Waals surface area contributed by atoms with Crippen LogP contribution in [-0.4, -0.2) is 23.7 Å². The Hall–Kier alpha value is -2.04. The molecular weight excluding hydrogens is 258 g/mol. The highest BCUT2D eigenvalue weighted by atomic mass is 16.6. The number of hydrogen-bond donors (Lipinski definition) is 0. The molecule has 0 aliphatic rings. The molecule has 0 spiro atoms. The highest BCUT2D eigenvalue weighted by Gasteiger charge is 2.22. The van der Waals surface area contributed by atoms with E-state index in [1.54, 1.807) is 6.07 Å². The second-order valence-corrected chi connectivity index (χ2v) is 4.48. The summed E-state index contributed by atoms with van der Waals surface area (Å²) in [6, 6.07) is 7.35. The van der Waals surface area contributed by atoms with Gasteiger partial charge < -0.3 is 13.9 Å². The summed E-state index contributed by atoms with van der Waals surface area (Å²) in [5.41, 5.74) is 1.34. The number of hydrogen-bond acceptors (Lipinski definition) is 5. The molecule has 0 radical (unpaired) electrons. The number of aromatic nitrogens is 1. The number of oxazole rings is 1. The topological polar surface area (TPSA) is 61.6 Å². The number of benzene rings is 1. The van der Waals surface area contributed by atoms with Gasteiger partial charge in [-0.2, -0.15) is 4.98 Å². The molecule has 108 valence electrons. The molecule has 5 nitrogen and oxygen atoms in total. The summed E-state index contributed by atoms with van der Waals surface area (Å²) in [6.45, 7) is 4.32. The van der Waals surface area contributed by atoms with E-state index in [9.17, 15) is 4.79 Å². The third-order valence-corrected chi connectivity index (χ3v) is 2.89. The molecule has 1 aromatic heterocycles. The van der Waals surface area contributed by atoms with Gasteiger partial charge in [-0.3, -0.25) is 0 Å². The molecule has 0 aliphatic carbocycles. The zero-order valence-electron chi connectivity index (χ0n) is 11.8. The van der Waals surface area contributed by atoms with Crippen LogP contribution in [0.5, 0.6) is 6.08 Å². The van der Waals surface area contributed by atoms with Crippen molar-refractivity contribution in [3.63, 3.8) is 0 Å².